The minimum absolute atomic E-state index is 0. The number of nitrogens with one attached hydrogen (secondary N) is 1. The Morgan fingerprint density at radius 2 is 2.00 bits per heavy atom. The molecule has 3 rings (SSSR count). The summed E-state index contributed by atoms with van der Waals surface area (Å²) in [4.78, 5) is 12.3. The molecule has 1 unspecified atom stereocenters. The van der Waals surface area contributed by atoms with Gasteiger partial charge in [-0.1, -0.05) is 34.1 Å². The molecule has 0 aromatic heterocycles. The normalized spacial score (nSPS) is 21.1. The molecule has 23 heavy (non-hydrogen) atoms. The summed E-state index contributed by atoms with van der Waals surface area (Å²) in [6.07, 6.45) is 3.98. The lowest BCUT2D eigenvalue weighted by Crippen LogP contribution is -2.48. The Kier molecular flexibility index (Phi) is 6.48. The van der Waals surface area contributed by atoms with Crippen molar-refractivity contribution in [3.05, 3.63) is 34.3 Å². The van der Waals surface area contributed by atoms with Gasteiger partial charge in [-0.15, -0.1) is 12.4 Å². The fourth-order valence-corrected chi connectivity index (χ4v) is 3.95. The number of amides is 1. The number of hydrogen-bond acceptors (Lipinski definition) is 3. The van der Waals surface area contributed by atoms with Crippen LogP contribution in [0.2, 0.25) is 0 Å². The molecule has 128 valence electrons. The molecule has 1 aliphatic carbocycles. The van der Waals surface area contributed by atoms with Crippen molar-refractivity contribution in [2.45, 2.75) is 37.1 Å². The van der Waals surface area contributed by atoms with Crippen molar-refractivity contribution in [1.82, 2.24) is 5.32 Å². The first-order valence-electron chi connectivity index (χ1n) is 7.98. The zero-order chi connectivity index (χ0) is 15.6. The number of benzene rings is 1. The third-order valence-corrected chi connectivity index (χ3v) is 5.67. The van der Waals surface area contributed by atoms with Gasteiger partial charge < -0.3 is 15.8 Å². The molecule has 0 spiro atoms. The minimum Gasteiger partial charge on any atom is -0.381 e. The molecule has 0 bridgehead atoms. The maximum Gasteiger partial charge on any atom is 0.237 e. The smallest absolute Gasteiger partial charge is 0.237 e. The number of ether oxygens (including phenoxy) is 1. The first kappa shape index (κ1) is 18.7. The molecule has 3 N–H and O–H groups in total. The summed E-state index contributed by atoms with van der Waals surface area (Å²) < 4.78 is 6.45. The Morgan fingerprint density at radius 3 is 2.61 bits per heavy atom. The van der Waals surface area contributed by atoms with Gasteiger partial charge in [0.25, 0.3) is 0 Å². The van der Waals surface area contributed by atoms with Crippen molar-refractivity contribution >= 4 is 34.2 Å². The Morgan fingerprint density at radius 1 is 1.35 bits per heavy atom. The summed E-state index contributed by atoms with van der Waals surface area (Å²) in [5.74, 6) is 0.220. The summed E-state index contributed by atoms with van der Waals surface area (Å²) in [6.45, 7) is 2.10. The highest BCUT2D eigenvalue weighted by molar-refractivity contribution is 9.10. The van der Waals surface area contributed by atoms with Crippen LogP contribution < -0.4 is 11.1 Å². The lowest BCUT2D eigenvalue weighted by molar-refractivity contribution is -0.124. The predicted octanol–water partition coefficient (Wildman–Crippen LogP) is 2.77. The molecule has 2 aliphatic rings. The molecule has 1 aromatic rings. The van der Waals surface area contributed by atoms with Gasteiger partial charge in [0.2, 0.25) is 5.91 Å². The van der Waals surface area contributed by atoms with E-state index >= 15 is 0 Å². The molecule has 6 heteroatoms. The topological polar surface area (TPSA) is 64.4 Å². The molecule has 1 aliphatic heterocycles. The molecule has 1 amide bonds. The average molecular weight is 404 g/mol. The van der Waals surface area contributed by atoms with Crippen LogP contribution in [0.25, 0.3) is 0 Å². The van der Waals surface area contributed by atoms with Crippen molar-refractivity contribution < 1.29 is 9.53 Å². The number of carbonyl (C=O) groups is 1. The van der Waals surface area contributed by atoms with E-state index in [1.807, 2.05) is 6.07 Å². The zero-order valence-corrected chi connectivity index (χ0v) is 15.5. The fourth-order valence-electron chi connectivity index (χ4n) is 3.25. The molecular weight excluding hydrogens is 380 g/mol. The van der Waals surface area contributed by atoms with Crippen molar-refractivity contribution in [2.75, 3.05) is 19.8 Å². The minimum atomic E-state index is -0.418. The van der Waals surface area contributed by atoms with Gasteiger partial charge in [0, 0.05) is 29.6 Å². The Balaban J connectivity index is 0.00000192. The molecule has 1 aromatic carbocycles. The highest BCUT2D eigenvalue weighted by Gasteiger charge is 2.45. The van der Waals surface area contributed by atoms with E-state index in [4.69, 9.17) is 10.5 Å². The molecule has 1 saturated carbocycles. The van der Waals surface area contributed by atoms with E-state index in [2.05, 4.69) is 39.4 Å². The maximum atomic E-state index is 12.3. The van der Waals surface area contributed by atoms with Gasteiger partial charge in [-0.25, -0.2) is 0 Å². The van der Waals surface area contributed by atoms with Gasteiger partial charge in [0.1, 0.15) is 0 Å². The largest absolute Gasteiger partial charge is 0.381 e. The van der Waals surface area contributed by atoms with Gasteiger partial charge in [-0.2, -0.15) is 0 Å². The first-order valence-corrected chi connectivity index (χ1v) is 8.78. The standard InChI is InChI=1S/C17H23BrN2O2.ClH/c18-14-4-2-1-3-13(14)17(7-8-17)11-20-16(21)15(19)12-5-9-22-10-6-12;/h1-4,12,15H,5-11,19H2,(H,20,21);1H. The summed E-state index contributed by atoms with van der Waals surface area (Å²) >= 11 is 3.62. The van der Waals surface area contributed by atoms with Gasteiger partial charge >= 0.3 is 0 Å². The number of rotatable bonds is 5. The fraction of sp³-hybridized carbons (Fsp3) is 0.588. The highest BCUT2D eigenvalue weighted by Crippen LogP contribution is 2.49. The van der Waals surface area contributed by atoms with Gasteiger partial charge in [-0.05, 0) is 43.2 Å². The predicted molar refractivity (Wildman–Crippen MR) is 96.8 cm³/mol. The van der Waals surface area contributed by atoms with Crippen LogP contribution in [0.3, 0.4) is 0 Å². The third-order valence-electron chi connectivity index (χ3n) is 4.98. The second-order valence-electron chi connectivity index (χ2n) is 6.45. The van der Waals surface area contributed by atoms with Crippen LogP contribution in [0.15, 0.2) is 28.7 Å². The third kappa shape index (κ3) is 4.27. The second kappa shape index (κ2) is 7.97. The summed E-state index contributed by atoms with van der Waals surface area (Å²) in [7, 11) is 0. The molecule has 4 nitrogen and oxygen atoms in total. The molecule has 1 saturated heterocycles. The van der Waals surface area contributed by atoms with Gasteiger partial charge in [-0.3, -0.25) is 4.79 Å². The number of carbonyl (C=O) groups excluding carboxylic acids is 1. The lowest BCUT2D eigenvalue weighted by atomic mass is 9.91. The van der Waals surface area contributed by atoms with Gasteiger partial charge in [0.05, 0.1) is 6.04 Å². The number of nitrogens with two attached hydrogens (primary N) is 1. The van der Waals surface area contributed by atoms with Crippen LogP contribution in [0, 0.1) is 5.92 Å². The maximum absolute atomic E-state index is 12.3. The summed E-state index contributed by atoms with van der Waals surface area (Å²) in [6, 6.07) is 7.85. The SMILES string of the molecule is Cl.NC(C(=O)NCC1(c2ccccc2Br)CC1)C1CCOCC1. The quantitative estimate of drug-likeness (QED) is 0.794. The van der Waals surface area contributed by atoms with Crippen LogP contribution >= 0.6 is 28.3 Å². The molecule has 2 fully saturated rings. The number of hydrogen-bond donors (Lipinski definition) is 2. The van der Waals surface area contributed by atoms with Crippen molar-refractivity contribution in [3.8, 4) is 0 Å². The summed E-state index contributed by atoms with van der Waals surface area (Å²) in [5.41, 5.74) is 7.51. The average Bonchev–Trinajstić information content (AvgIpc) is 3.34. The van der Waals surface area contributed by atoms with E-state index in [-0.39, 0.29) is 29.6 Å². The molecule has 1 heterocycles. The van der Waals surface area contributed by atoms with E-state index in [0.29, 0.717) is 19.8 Å². The molecule has 1 atom stereocenters. The van der Waals surface area contributed by atoms with Crippen LogP contribution in [0.1, 0.15) is 31.2 Å². The van der Waals surface area contributed by atoms with E-state index in [9.17, 15) is 4.79 Å². The van der Waals surface area contributed by atoms with Crippen molar-refractivity contribution in [1.29, 1.82) is 0 Å². The van der Waals surface area contributed by atoms with E-state index in [0.717, 1.165) is 30.2 Å². The van der Waals surface area contributed by atoms with Crippen LogP contribution in [0.5, 0.6) is 0 Å². The van der Waals surface area contributed by atoms with Crippen LogP contribution in [-0.2, 0) is 14.9 Å². The lowest BCUT2D eigenvalue weighted by Gasteiger charge is -2.27. The number of halogens is 2. The Labute approximate surface area is 152 Å². The van der Waals surface area contributed by atoms with E-state index in [1.165, 1.54) is 5.56 Å². The Bertz CT molecular complexity index is 545. The highest BCUT2D eigenvalue weighted by atomic mass is 79.9. The molecule has 0 radical (unpaired) electrons. The van der Waals surface area contributed by atoms with E-state index in [1.54, 1.807) is 0 Å². The monoisotopic (exact) mass is 402 g/mol. The summed E-state index contributed by atoms with van der Waals surface area (Å²) in [5, 5.41) is 3.08. The molecular formula is C17H24BrClN2O2. The second-order valence-corrected chi connectivity index (χ2v) is 7.31. The van der Waals surface area contributed by atoms with Gasteiger partial charge in [0.15, 0.2) is 0 Å². The van der Waals surface area contributed by atoms with Crippen molar-refractivity contribution in [3.63, 3.8) is 0 Å². The van der Waals surface area contributed by atoms with E-state index < -0.39 is 6.04 Å². The zero-order valence-electron chi connectivity index (χ0n) is 13.1. The Hall–Kier alpha value is -0.620. The first-order chi connectivity index (χ1) is 10.6. The van der Waals surface area contributed by atoms with Crippen LogP contribution in [-0.4, -0.2) is 31.7 Å². The van der Waals surface area contributed by atoms with Crippen molar-refractivity contribution in [2.24, 2.45) is 11.7 Å². The van der Waals surface area contributed by atoms with Crippen LogP contribution in [0.4, 0.5) is 0 Å².